The number of hydrogen-bond acceptors (Lipinski definition) is 3. The minimum atomic E-state index is -0.330. The van der Waals surface area contributed by atoms with Crippen LogP contribution in [-0.2, 0) is 4.74 Å². The van der Waals surface area contributed by atoms with Crippen LogP contribution in [0, 0.1) is 0 Å². The van der Waals surface area contributed by atoms with Crippen molar-refractivity contribution in [2.24, 2.45) is 0 Å². The zero-order valence-electron chi connectivity index (χ0n) is 14.6. The van der Waals surface area contributed by atoms with Crippen LogP contribution in [0.2, 0.25) is 0 Å². The van der Waals surface area contributed by atoms with E-state index < -0.39 is 0 Å². The average Bonchev–Trinajstić information content (AvgIpc) is 2.58. The van der Waals surface area contributed by atoms with E-state index in [1.54, 1.807) is 18.0 Å². The Balaban J connectivity index is 2.43. The molecule has 2 atom stereocenters. The number of rotatable bonds is 13. The number of thioether (sulfide) groups is 1. The van der Waals surface area contributed by atoms with E-state index in [4.69, 9.17) is 4.74 Å². The molecule has 130 valence electrons. The molecule has 0 aromatic heterocycles. The van der Waals surface area contributed by atoms with Crippen molar-refractivity contribution in [1.29, 1.82) is 0 Å². The van der Waals surface area contributed by atoms with Crippen LogP contribution < -0.4 is 0 Å². The third-order valence-electron chi connectivity index (χ3n) is 3.78. The van der Waals surface area contributed by atoms with Gasteiger partial charge in [-0.2, -0.15) is 0 Å². The maximum absolute atomic E-state index is 10.5. The van der Waals surface area contributed by atoms with Crippen molar-refractivity contribution in [3.63, 3.8) is 0 Å². The summed E-state index contributed by atoms with van der Waals surface area (Å²) < 4.78 is 5.32. The first-order valence-electron chi connectivity index (χ1n) is 8.96. The molecule has 2 nitrogen and oxygen atoms in total. The first-order valence-corrected chi connectivity index (χ1v) is 9.84. The van der Waals surface area contributed by atoms with Crippen molar-refractivity contribution in [3.05, 3.63) is 42.7 Å². The molecule has 1 aromatic carbocycles. The van der Waals surface area contributed by atoms with Crippen LogP contribution in [-0.4, -0.2) is 23.1 Å². The molecule has 1 N–H and O–H groups in total. The molecular formula is C20H32O2S. The third-order valence-corrected chi connectivity index (χ3v) is 5.07. The van der Waals surface area contributed by atoms with Gasteiger partial charge in [-0.05, 0) is 31.6 Å². The van der Waals surface area contributed by atoms with Crippen molar-refractivity contribution in [2.75, 3.05) is 6.61 Å². The Bertz CT molecular complexity index is 405. The van der Waals surface area contributed by atoms with Gasteiger partial charge in [0.1, 0.15) is 0 Å². The van der Waals surface area contributed by atoms with E-state index >= 15 is 0 Å². The number of unbranched alkanes of at least 4 members (excludes halogenated alkanes) is 5. The second kappa shape index (κ2) is 13.5. The summed E-state index contributed by atoms with van der Waals surface area (Å²) in [6.45, 7) is 4.86. The molecule has 0 aliphatic rings. The molecule has 1 rings (SSSR count). The molecular weight excluding hydrogens is 304 g/mol. The highest BCUT2D eigenvalue weighted by atomic mass is 32.2. The van der Waals surface area contributed by atoms with Gasteiger partial charge in [0, 0.05) is 4.90 Å². The Morgan fingerprint density at radius 1 is 1.04 bits per heavy atom. The van der Waals surface area contributed by atoms with Crippen LogP contribution in [0.4, 0.5) is 0 Å². The van der Waals surface area contributed by atoms with E-state index in [2.05, 4.69) is 19.1 Å². The Labute approximate surface area is 146 Å². The average molecular weight is 337 g/mol. The lowest BCUT2D eigenvalue weighted by atomic mass is 10.1. The zero-order valence-corrected chi connectivity index (χ0v) is 15.4. The smallest absolute Gasteiger partial charge is 0.0845 e. The molecule has 23 heavy (non-hydrogen) atoms. The molecule has 0 spiro atoms. The van der Waals surface area contributed by atoms with Crippen molar-refractivity contribution in [2.45, 2.75) is 75.0 Å². The van der Waals surface area contributed by atoms with E-state index in [-0.39, 0.29) is 11.4 Å². The van der Waals surface area contributed by atoms with Crippen molar-refractivity contribution >= 4 is 11.8 Å². The predicted octanol–water partition coefficient (Wildman–Crippen LogP) is 5.81. The SMILES string of the molecule is CCCCCCCCC(O)C(C=COCC)Sc1ccccc1. The largest absolute Gasteiger partial charge is 0.502 e. The van der Waals surface area contributed by atoms with Gasteiger partial charge in [-0.15, -0.1) is 11.8 Å². The van der Waals surface area contributed by atoms with Gasteiger partial charge in [-0.1, -0.05) is 63.6 Å². The second-order valence-corrected chi connectivity index (χ2v) is 7.05. The van der Waals surface area contributed by atoms with Crippen LogP contribution in [0.5, 0.6) is 0 Å². The van der Waals surface area contributed by atoms with Crippen molar-refractivity contribution < 1.29 is 9.84 Å². The highest BCUT2D eigenvalue weighted by Gasteiger charge is 2.17. The third kappa shape index (κ3) is 9.72. The fourth-order valence-electron chi connectivity index (χ4n) is 2.43. The number of benzene rings is 1. The normalized spacial score (nSPS) is 14.0. The molecule has 0 saturated carbocycles. The standard InChI is InChI=1S/C20H32O2S/c1-3-5-6-7-8-12-15-19(21)20(16-17-22-4-2)23-18-13-10-9-11-14-18/h9-11,13-14,16-17,19-21H,3-8,12,15H2,1-2H3. The molecule has 0 radical (unpaired) electrons. The van der Waals surface area contributed by atoms with Crippen LogP contribution in [0.15, 0.2) is 47.6 Å². The van der Waals surface area contributed by atoms with Crippen LogP contribution in [0.1, 0.15) is 58.8 Å². The quantitative estimate of drug-likeness (QED) is 0.280. The molecule has 0 heterocycles. The maximum atomic E-state index is 10.5. The van der Waals surface area contributed by atoms with Gasteiger partial charge in [-0.25, -0.2) is 0 Å². The molecule has 0 saturated heterocycles. The first kappa shape index (κ1) is 20.1. The van der Waals surface area contributed by atoms with Gasteiger partial charge in [0.15, 0.2) is 0 Å². The Hall–Kier alpha value is -0.930. The summed E-state index contributed by atoms with van der Waals surface area (Å²) in [5, 5.41) is 10.6. The Morgan fingerprint density at radius 2 is 1.74 bits per heavy atom. The van der Waals surface area contributed by atoms with Gasteiger partial charge in [0.2, 0.25) is 0 Å². The summed E-state index contributed by atoms with van der Waals surface area (Å²) in [7, 11) is 0. The first-order chi connectivity index (χ1) is 11.3. The van der Waals surface area contributed by atoms with E-state index in [0.29, 0.717) is 6.61 Å². The highest BCUT2D eigenvalue weighted by Crippen LogP contribution is 2.28. The molecule has 0 aliphatic carbocycles. The van der Waals surface area contributed by atoms with Gasteiger partial charge in [-0.3, -0.25) is 0 Å². The van der Waals surface area contributed by atoms with Gasteiger partial charge in [0.05, 0.1) is 24.2 Å². The van der Waals surface area contributed by atoms with Gasteiger partial charge in [0.25, 0.3) is 0 Å². The number of aliphatic hydroxyl groups excluding tert-OH is 1. The van der Waals surface area contributed by atoms with E-state index in [0.717, 1.165) is 12.8 Å². The molecule has 3 heteroatoms. The molecule has 0 aliphatic heterocycles. The molecule has 1 aromatic rings. The topological polar surface area (TPSA) is 29.5 Å². The lowest BCUT2D eigenvalue weighted by Crippen LogP contribution is -2.21. The highest BCUT2D eigenvalue weighted by molar-refractivity contribution is 8.00. The van der Waals surface area contributed by atoms with Crippen molar-refractivity contribution in [1.82, 2.24) is 0 Å². The molecule has 0 fully saturated rings. The van der Waals surface area contributed by atoms with E-state index in [1.807, 2.05) is 31.2 Å². The summed E-state index contributed by atoms with van der Waals surface area (Å²) >= 11 is 1.70. The lowest BCUT2D eigenvalue weighted by molar-refractivity contribution is 0.167. The maximum Gasteiger partial charge on any atom is 0.0845 e. The summed E-state index contributed by atoms with van der Waals surface area (Å²) in [4.78, 5) is 1.18. The minimum Gasteiger partial charge on any atom is -0.502 e. The number of ether oxygens (including phenoxy) is 1. The fraction of sp³-hybridized carbons (Fsp3) is 0.600. The lowest BCUT2D eigenvalue weighted by Gasteiger charge is -2.19. The molecule has 0 amide bonds. The van der Waals surface area contributed by atoms with Crippen LogP contribution in [0.25, 0.3) is 0 Å². The summed E-state index contributed by atoms with van der Waals surface area (Å²) in [5.41, 5.74) is 0. The minimum absolute atomic E-state index is 0.0413. The van der Waals surface area contributed by atoms with E-state index in [1.165, 1.54) is 37.0 Å². The zero-order chi connectivity index (χ0) is 16.8. The summed E-state index contributed by atoms with van der Waals surface area (Å²) in [5.74, 6) is 0. The van der Waals surface area contributed by atoms with E-state index in [9.17, 15) is 5.11 Å². The summed E-state index contributed by atoms with van der Waals surface area (Å²) in [6.07, 6.45) is 11.8. The fourth-order valence-corrected chi connectivity index (χ4v) is 3.49. The predicted molar refractivity (Wildman–Crippen MR) is 101 cm³/mol. The van der Waals surface area contributed by atoms with Crippen LogP contribution >= 0.6 is 11.8 Å². The summed E-state index contributed by atoms with van der Waals surface area (Å²) in [6, 6.07) is 10.3. The number of hydrogen-bond donors (Lipinski definition) is 1. The monoisotopic (exact) mass is 336 g/mol. The Kier molecular flexibility index (Phi) is 11.8. The van der Waals surface area contributed by atoms with Crippen molar-refractivity contribution in [3.8, 4) is 0 Å². The van der Waals surface area contributed by atoms with Gasteiger partial charge >= 0.3 is 0 Å². The Morgan fingerprint density at radius 3 is 2.43 bits per heavy atom. The molecule has 0 bridgehead atoms. The van der Waals surface area contributed by atoms with Crippen LogP contribution in [0.3, 0.4) is 0 Å². The number of aliphatic hydroxyl groups is 1. The van der Waals surface area contributed by atoms with Gasteiger partial charge < -0.3 is 9.84 Å². The molecule has 2 unspecified atom stereocenters. The second-order valence-electron chi connectivity index (χ2n) is 5.80.